The largest absolute Gasteiger partial charge is 0.258 e. The SMILES string of the molecule is Cc1cccc(-c2c(F)c#cn3ccnc23)c1F. The van der Waals surface area contributed by atoms with Crippen molar-refractivity contribution in [2.24, 2.45) is 0 Å². The molecule has 0 N–H and O–H groups in total. The molecule has 0 fully saturated rings. The topological polar surface area (TPSA) is 17.3 Å². The minimum atomic E-state index is -0.654. The zero-order valence-electron chi connectivity index (χ0n) is 9.54. The summed E-state index contributed by atoms with van der Waals surface area (Å²) in [6.07, 6.45) is 5.70. The summed E-state index contributed by atoms with van der Waals surface area (Å²) < 4.78 is 29.4. The lowest BCUT2D eigenvalue weighted by Crippen LogP contribution is -1.94. The van der Waals surface area contributed by atoms with E-state index in [2.05, 4.69) is 17.2 Å². The molecule has 0 saturated carbocycles. The fourth-order valence-electron chi connectivity index (χ4n) is 1.93. The van der Waals surface area contributed by atoms with Gasteiger partial charge in [-0.2, -0.15) is 4.39 Å². The molecule has 0 aliphatic heterocycles. The van der Waals surface area contributed by atoms with Gasteiger partial charge < -0.3 is 0 Å². The molecule has 2 nitrogen and oxygen atoms in total. The maximum atomic E-state index is 14.1. The summed E-state index contributed by atoms with van der Waals surface area (Å²) in [6.45, 7) is 1.64. The average Bonchev–Trinajstić information content (AvgIpc) is 2.82. The second-order valence-corrected chi connectivity index (χ2v) is 3.98. The van der Waals surface area contributed by atoms with Crippen molar-refractivity contribution < 1.29 is 8.78 Å². The number of nitrogens with zero attached hydrogens (tertiary/aromatic N) is 2. The summed E-state index contributed by atoms with van der Waals surface area (Å²) in [6, 6.07) is 7.19. The number of rotatable bonds is 1. The van der Waals surface area contributed by atoms with E-state index in [4.69, 9.17) is 0 Å². The van der Waals surface area contributed by atoms with Gasteiger partial charge in [-0.15, -0.1) is 0 Å². The molecule has 3 rings (SSSR count). The van der Waals surface area contributed by atoms with Crippen molar-refractivity contribution in [2.75, 3.05) is 0 Å². The van der Waals surface area contributed by atoms with Crippen LogP contribution < -0.4 is 0 Å². The van der Waals surface area contributed by atoms with E-state index in [-0.39, 0.29) is 11.1 Å². The number of aromatic nitrogens is 2. The Labute approximate surface area is 103 Å². The molecule has 0 amide bonds. The first-order chi connectivity index (χ1) is 8.68. The molecule has 0 radical (unpaired) electrons. The van der Waals surface area contributed by atoms with Gasteiger partial charge in [0.1, 0.15) is 5.82 Å². The lowest BCUT2D eigenvalue weighted by molar-refractivity contribution is 0.611. The van der Waals surface area contributed by atoms with Gasteiger partial charge in [-0.25, -0.2) is 9.37 Å². The molecule has 2 heterocycles. The predicted octanol–water partition coefficient (Wildman–Crippen LogP) is 3.19. The van der Waals surface area contributed by atoms with Crippen LogP contribution in [0.1, 0.15) is 5.56 Å². The number of hydrogen-bond acceptors (Lipinski definition) is 1. The molecule has 18 heavy (non-hydrogen) atoms. The third-order valence-corrected chi connectivity index (χ3v) is 2.83. The van der Waals surface area contributed by atoms with Crippen molar-refractivity contribution in [2.45, 2.75) is 6.92 Å². The Hall–Kier alpha value is -2.41. The Morgan fingerprint density at radius 2 is 2.11 bits per heavy atom. The van der Waals surface area contributed by atoms with E-state index in [1.54, 1.807) is 25.3 Å². The smallest absolute Gasteiger partial charge is 0.186 e. The Balaban J connectivity index is 2.40. The van der Waals surface area contributed by atoms with E-state index < -0.39 is 11.6 Å². The maximum absolute atomic E-state index is 14.1. The molecule has 0 saturated heterocycles. The van der Waals surface area contributed by atoms with Gasteiger partial charge in [0.15, 0.2) is 11.5 Å². The Bertz CT molecular complexity index is 732. The van der Waals surface area contributed by atoms with Crippen LogP contribution in [0.3, 0.4) is 0 Å². The zero-order valence-corrected chi connectivity index (χ0v) is 9.54. The van der Waals surface area contributed by atoms with Crippen LogP contribution in [-0.2, 0) is 0 Å². The number of imidazole rings is 1. The highest BCUT2D eigenvalue weighted by Gasteiger charge is 2.16. The molecule has 0 unspecified atom stereocenters. The van der Waals surface area contributed by atoms with E-state index in [0.29, 0.717) is 11.2 Å². The molecule has 88 valence electrons. The summed E-state index contributed by atoms with van der Waals surface area (Å²) in [5.41, 5.74) is 1.09. The summed E-state index contributed by atoms with van der Waals surface area (Å²) >= 11 is 0. The van der Waals surface area contributed by atoms with Crippen molar-refractivity contribution in [3.8, 4) is 11.1 Å². The second-order valence-electron chi connectivity index (χ2n) is 3.98. The van der Waals surface area contributed by atoms with Gasteiger partial charge in [0.05, 0.1) is 5.56 Å². The van der Waals surface area contributed by atoms with Gasteiger partial charge >= 0.3 is 0 Å². The third kappa shape index (κ3) is 1.45. The Kier molecular flexibility index (Phi) is 2.27. The fourth-order valence-corrected chi connectivity index (χ4v) is 1.93. The quantitative estimate of drug-likeness (QED) is 0.640. The maximum Gasteiger partial charge on any atom is 0.186 e. The van der Waals surface area contributed by atoms with E-state index >= 15 is 0 Å². The molecule has 2 aromatic heterocycles. The van der Waals surface area contributed by atoms with Crippen LogP contribution >= 0.6 is 0 Å². The first-order valence-corrected chi connectivity index (χ1v) is 5.39. The van der Waals surface area contributed by atoms with Gasteiger partial charge in [-0.05, 0) is 18.6 Å². The van der Waals surface area contributed by atoms with Crippen molar-refractivity contribution >= 4 is 5.65 Å². The van der Waals surface area contributed by atoms with E-state index in [0.717, 1.165) is 0 Å². The molecular weight excluding hydrogens is 234 g/mol. The lowest BCUT2D eigenvalue weighted by atomic mass is 10.0. The Morgan fingerprint density at radius 3 is 2.94 bits per heavy atom. The monoisotopic (exact) mass is 242 g/mol. The van der Waals surface area contributed by atoms with Gasteiger partial charge in [0.25, 0.3) is 0 Å². The third-order valence-electron chi connectivity index (χ3n) is 2.83. The highest BCUT2D eigenvalue weighted by molar-refractivity contribution is 5.78. The van der Waals surface area contributed by atoms with Crippen LogP contribution in [-0.4, -0.2) is 9.38 Å². The van der Waals surface area contributed by atoms with Crippen LogP contribution in [0.4, 0.5) is 8.78 Å². The summed E-state index contributed by atoms with van der Waals surface area (Å²) in [5.74, 6) is -1.10. The summed E-state index contributed by atoms with van der Waals surface area (Å²) in [5, 5.41) is 0. The first kappa shape index (κ1) is 10.7. The standard InChI is InChI=1S/C14H8F2N2/c1-9-3-2-4-10(13(9)16)12-11(15)5-7-18-8-6-17-14(12)18/h2-4,6,8H,1H3. The van der Waals surface area contributed by atoms with Gasteiger partial charge in [-0.1, -0.05) is 18.2 Å². The molecule has 3 aromatic rings. The minimum absolute atomic E-state index is 0.111. The van der Waals surface area contributed by atoms with Crippen molar-refractivity contribution in [1.82, 2.24) is 9.38 Å². The highest BCUT2D eigenvalue weighted by Crippen LogP contribution is 2.29. The minimum Gasteiger partial charge on any atom is -0.258 e. The number of halogens is 2. The van der Waals surface area contributed by atoms with Crippen molar-refractivity contribution in [3.63, 3.8) is 0 Å². The van der Waals surface area contributed by atoms with Crippen LogP contribution in [0, 0.1) is 30.8 Å². The number of fused-ring (bicyclic) bond motifs is 1. The molecular formula is C14H8F2N2. The van der Waals surface area contributed by atoms with Crippen LogP contribution in [0.25, 0.3) is 16.8 Å². The van der Waals surface area contributed by atoms with Crippen LogP contribution in [0.15, 0.2) is 30.6 Å². The van der Waals surface area contributed by atoms with Crippen LogP contribution in [0.5, 0.6) is 0 Å². The predicted molar refractivity (Wildman–Crippen MR) is 63.0 cm³/mol. The number of benzene rings is 1. The second kappa shape index (κ2) is 3.81. The van der Waals surface area contributed by atoms with Crippen molar-refractivity contribution in [3.05, 3.63) is 60.1 Å². The normalized spacial score (nSPS) is 10.6. The first-order valence-electron chi connectivity index (χ1n) is 5.39. The van der Waals surface area contributed by atoms with E-state index in [9.17, 15) is 8.78 Å². The van der Waals surface area contributed by atoms with Gasteiger partial charge in [0.2, 0.25) is 0 Å². The van der Waals surface area contributed by atoms with E-state index in [1.807, 2.05) is 0 Å². The summed E-state index contributed by atoms with van der Waals surface area (Å²) in [4.78, 5) is 4.03. The summed E-state index contributed by atoms with van der Waals surface area (Å²) in [7, 11) is 0. The van der Waals surface area contributed by atoms with Crippen molar-refractivity contribution in [1.29, 1.82) is 0 Å². The molecule has 1 aromatic carbocycles. The Morgan fingerprint density at radius 1 is 1.28 bits per heavy atom. The fraction of sp³-hybridized carbons (Fsp3) is 0.0714. The molecule has 0 atom stereocenters. The molecule has 0 aliphatic carbocycles. The molecule has 0 bridgehead atoms. The van der Waals surface area contributed by atoms with Crippen LogP contribution in [0.2, 0.25) is 0 Å². The molecule has 4 heteroatoms. The van der Waals surface area contributed by atoms with E-state index in [1.165, 1.54) is 16.7 Å². The molecule has 0 spiro atoms. The lowest BCUT2D eigenvalue weighted by Gasteiger charge is -2.06. The highest BCUT2D eigenvalue weighted by atomic mass is 19.1. The van der Waals surface area contributed by atoms with Gasteiger partial charge in [-0.3, -0.25) is 4.40 Å². The average molecular weight is 242 g/mol. The van der Waals surface area contributed by atoms with Gasteiger partial charge in [0, 0.05) is 24.2 Å². The number of aryl methyl sites for hydroxylation is 1. The number of hydrogen-bond donors (Lipinski definition) is 0. The zero-order chi connectivity index (χ0) is 12.7. The molecule has 0 aliphatic rings.